The molecule has 1 aromatic carbocycles. The van der Waals surface area contributed by atoms with Gasteiger partial charge in [0.25, 0.3) is 0 Å². The summed E-state index contributed by atoms with van der Waals surface area (Å²) in [5.74, 6) is -5.90. The highest BCUT2D eigenvalue weighted by atomic mass is 32.2. The first-order valence-electron chi connectivity index (χ1n) is 5.32. The molecule has 0 aliphatic carbocycles. The summed E-state index contributed by atoms with van der Waals surface area (Å²) in [6.07, 6.45) is -4.66. The molecule has 20 heavy (non-hydrogen) atoms. The molecule has 0 bridgehead atoms. The summed E-state index contributed by atoms with van der Waals surface area (Å²) in [4.78, 5) is 11.8. The van der Waals surface area contributed by atoms with Gasteiger partial charge in [-0.2, -0.15) is 13.2 Å². The van der Waals surface area contributed by atoms with Crippen molar-refractivity contribution in [3.63, 3.8) is 0 Å². The van der Waals surface area contributed by atoms with Gasteiger partial charge in [-0.3, -0.25) is 4.79 Å². The van der Waals surface area contributed by atoms with Gasteiger partial charge in [-0.1, -0.05) is 6.07 Å². The monoisotopic (exact) mass is 315 g/mol. The van der Waals surface area contributed by atoms with Crippen molar-refractivity contribution >= 4 is 17.7 Å². The standard InChI is InChI=1S/C11H7F6NOS/c12-6-2-1-5(8(13)9(6)14)10-18(4-11(15,16)17)7(19)3-20-10/h1-2,10H,3-4H2. The Labute approximate surface area is 113 Å². The molecule has 1 heterocycles. The first kappa shape index (κ1) is 15.0. The van der Waals surface area contributed by atoms with Gasteiger partial charge in [0, 0.05) is 5.56 Å². The lowest BCUT2D eigenvalue weighted by Gasteiger charge is -2.25. The highest BCUT2D eigenvalue weighted by molar-refractivity contribution is 8.00. The predicted molar refractivity (Wildman–Crippen MR) is 59.3 cm³/mol. The maximum Gasteiger partial charge on any atom is 0.406 e. The van der Waals surface area contributed by atoms with Crippen LogP contribution < -0.4 is 0 Å². The van der Waals surface area contributed by atoms with Crippen molar-refractivity contribution in [2.24, 2.45) is 0 Å². The minimum absolute atomic E-state index is 0.279. The van der Waals surface area contributed by atoms with Crippen molar-refractivity contribution in [2.45, 2.75) is 11.6 Å². The van der Waals surface area contributed by atoms with Crippen LogP contribution in [0, 0.1) is 17.5 Å². The van der Waals surface area contributed by atoms with Crippen molar-refractivity contribution in [3.05, 3.63) is 35.1 Å². The third kappa shape index (κ3) is 2.87. The molecule has 1 aromatic rings. The van der Waals surface area contributed by atoms with Crippen molar-refractivity contribution in [1.29, 1.82) is 0 Å². The number of alkyl halides is 3. The van der Waals surface area contributed by atoms with Crippen LogP contribution in [-0.2, 0) is 4.79 Å². The van der Waals surface area contributed by atoms with E-state index >= 15 is 0 Å². The minimum Gasteiger partial charge on any atom is -0.317 e. The molecule has 2 rings (SSSR count). The highest BCUT2D eigenvalue weighted by Crippen LogP contribution is 2.41. The van der Waals surface area contributed by atoms with Crippen molar-refractivity contribution in [2.75, 3.05) is 12.3 Å². The van der Waals surface area contributed by atoms with Crippen LogP contribution in [0.1, 0.15) is 10.9 Å². The molecular formula is C11H7F6NOS. The summed E-state index contributed by atoms with van der Waals surface area (Å²) in [5, 5.41) is -1.32. The Hall–Kier alpha value is -1.38. The second kappa shape index (κ2) is 5.19. The normalized spacial score (nSPS) is 19.8. The molecular weight excluding hydrogens is 308 g/mol. The summed E-state index contributed by atoms with van der Waals surface area (Å²) in [5.41, 5.74) is -0.482. The van der Waals surface area contributed by atoms with E-state index in [-0.39, 0.29) is 5.75 Å². The molecule has 0 aromatic heterocycles. The zero-order valence-electron chi connectivity index (χ0n) is 9.68. The van der Waals surface area contributed by atoms with Gasteiger partial charge in [-0.05, 0) is 6.07 Å². The molecule has 110 valence electrons. The number of thioether (sulfide) groups is 1. The van der Waals surface area contributed by atoms with Crippen molar-refractivity contribution in [3.8, 4) is 0 Å². The Morgan fingerprint density at radius 3 is 2.45 bits per heavy atom. The zero-order valence-corrected chi connectivity index (χ0v) is 10.5. The Kier molecular flexibility index (Phi) is 3.90. The number of hydrogen-bond acceptors (Lipinski definition) is 2. The molecule has 0 radical (unpaired) electrons. The smallest absolute Gasteiger partial charge is 0.317 e. The number of nitrogens with zero attached hydrogens (tertiary/aromatic N) is 1. The average molecular weight is 315 g/mol. The number of hydrogen-bond donors (Lipinski definition) is 0. The number of halogens is 6. The SMILES string of the molecule is O=C1CSC(c2ccc(F)c(F)c2F)N1CC(F)(F)F. The van der Waals surface area contributed by atoms with Crippen LogP contribution in [0.5, 0.6) is 0 Å². The van der Waals surface area contributed by atoms with Crippen molar-refractivity contribution < 1.29 is 31.1 Å². The maximum absolute atomic E-state index is 13.6. The van der Waals surface area contributed by atoms with Gasteiger partial charge in [-0.25, -0.2) is 13.2 Å². The lowest BCUT2D eigenvalue weighted by Crippen LogP contribution is -2.37. The van der Waals surface area contributed by atoms with Gasteiger partial charge >= 0.3 is 6.18 Å². The van der Waals surface area contributed by atoms with E-state index in [1.165, 1.54) is 0 Å². The van der Waals surface area contributed by atoms with E-state index in [2.05, 4.69) is 0 Å². The Morgan fingerprint density at radius 1 is 1.20 bits per heavy atom. The number of carbonyl (C=O) groups is 1. The Bertz CT molecular complexity index is 546. The molecule has 1 atom stereocenters. The molecule has 0 saturated carbocycles. The molecule has 1 aliphatic rings. The van der Waals surface area contributed by atoms with E-state index in [0.29, 0.717) is 11.0 Å². The summed E-state index contributed by atoms with van der Waals surface area (Å²) < 4.78 is 76.7. The topological polar surface area (TPSA) is 20.3 Å². The second-order valence-electron chi connectivity index (χ2n) is 4.06. The predicted octanol–water partition coefficient (Wildman–Crippen LogP) is 3.24. The summed E-state index contributed by atoms with van der Waals surface area (Å²) in [7, 11) is 0. The van der Waals surface area contributed by atoms with Crippen molar-refractivity contribution in [1.82, 2.24) is 4.90 Å². The summed E-state index contributed by atoms with van der Waals surface area (Å²) in [6.45, 7) is -1.57. The van der Waals surface area contributed by atoms with Gasteiger partial charge in [0.15, 0.2) is 17.5 Å². The molecule has 1 fully saturated rings. The third-order valence-electron chi connectivity index (χ3n) is 2.65. The summed E-state index contributed by atoms with van der Waals surface area (Å²) >= 11 is 0.728. The largest absolute Gasteiger partial charge is 0.406 e. The van der Waals surface area contributed by atoms with Gasteiger partial charge in [0.2, 0.25) is 5.91 Å². The van der Waals surface area contributed by atoms with E-state index in [0.717, 1.165) is 17.8 Å². The van der Waals surface area contributed by atoms with E-state index < -0.39 is 47.0 Å². The molecule has 9 heteroatoms. The zero-order chi connectivity index (χ0) is 15.1. The lowest BCUT2D eigenvalue weighted by atomic mass is 10.1. The van der Waals surface area contributed by atoms with Gasteiger partial charge < -0.3 is 4.90 Å². The number of amides is 1. The van der Waals surface area contributed by atoms with Crippen LogP contribution in [0.2, 0.25) is 0 Å². The molecule has 1 saturated heterocycles. The molecule has 1 amide bonds. The first-order chi connectivity index (χ1) is 9.20. The fourth-order valence-corrected chi connectivity index (χ4v) is 3.01. The lowest BCUT2D eigenvalue weighted by molar-refractivity contribution is -0.160. The first-order valence-corrected chi connectivity index (χ1v) is 6.37. The fourth-order valence-electron chi connectivity index (χ4n) is 1.81. The van der Waals surface area contributed by atoms with Gasteiger partial charge in [-0.15, -0.1) is 11.8 Å². The van der Waals surface area contributed by atoms with E-state index in [1.807, 2.05) is 0 Å². The molecule has 0 spiro atoms. The number of rotatable bonds is 2. The van der Waals surface area contributed by atoms with Crippen LogP contribution in [0.4, 0.5) is 26.3 Å². The van der Waals surface area contributed by atoms with E-state index in [9.17, 15) is 31.1 Å². The number of benzene rings is 1. The Balaban J connectivity index is 2.36. The van der Waals surface area contributed by atoms with Crippen LogP contribution in [0.25, 0.3) is 0 Å². The van der Waals surface area contributed by atoms with Crippen LogP contribution >= 0.6 is 11.8 Å². The van der Waals surface area contributed by atoms with Crippen LogP contribution in [0.15, 0.2) is 12.1 Å². The van der Waals surface area contributed by atoms with Crippen LogP contribution in [-0.4, -0.2) is 29.3 Å². The van der Waals surface area contributed by atoms with E-state index in [4.69, 9.17) is 0 Å². The quantitative estimate of drug-likeness (QED) is 0.617. The van der Waals surface area contributed by atoms with Gasteiger partial charge in [0.1, 0.15) is 11.9 Å². The Morgan fingerprint density at radius 2 is 1.85 bits per heavy atom. The van der Waals surface area contributed by atoms with Crippen LogP contribution in [0.3, 0.4) is 0 Å². The second-order valence-corrected chi connectivity index (χ2v) is 5.13. The third-order valence-corrected chi connectivity index (χ3v) is 3.89. The highest BCUT2D eigenvalue weighted by Gasteiger charge is 2.42. The average Bonchev–Trinajstić information content (AvgIpc) is 2.67. The molecule has 2 nitrogen and oxygen atoms in total. The summed E-state index contributed by atoms with van der Waals surface area (Å²) in [6, 6.07) is 1.45. The minimum atomic E-state index is -4.66. The maximum atomic E-state index is 13.6. The van der Waals surface area contributed by atoms with E-state index in [1.54, 1.807) is 0 Å². The molecule has 0 N–H and O–H groups in total. The molecule has 1 unspecified atom stereocenters. The van der Waals surface area contributed by atoms with Gasteiger partial charge in [0.05, 0.1) is 5.75 Å². The fraction of sp³-hybridized carbons (Fsp3) is 0.364. The molecule has 1 aliphatic heterocycles. The number of carbonyl (C=O) groups excluding carboxylic acids is 1.